The van der Waals surface area contributed by atoms with Gasteiger partial charge in [-0.15, -0.1) is 0 Å². The van der Waals surface area contributed by atoms with Crippen LogP contribution in [0.5, 0.6) is 11.5 Å². The van der Waals surface area contributed by atoms with Gasteiger partial charge >= 0.3 is 6.03 Å². The summed E-state index contributed by atoms with van der Waals surface area (Å²) in [7, 11) is 3.17. The van der Waals surface area contributed by atoms with Crippen molar-refractivity contribution >= 4 is 35.0 Å². The number of para-hydroxylation sites is 1. The van der Waals surface area contributed by atoms with Crippen LogP contribution in [0, 0.1) is 5.92 Å². The molecule has 0 bridgehead atoms. The van der Waals surface area contributed by atoms with E-state index >= 15 is 0 Å². The number of hydrogen-bond acceptors (Lipinski definition) is 8. The van der Waals surface area contributed by atoms with Crippen LogP contribution >= 0.6 is 0 Å². The zero-order valence-electron chi connectivity index (χ0n) is 22.9. The molecule has 0 unspecified atom stereocenters. The summed E-state index contributed by atoms with van der Waals surface area (Å²) in [6.07, 6.45) is 5.26. The number of piperidine rings is 1. The lowest BCUT2D eigenvalue weighted by Gasteiger charge is -2.38. The van der Waals surface area contributed by atoms with Gasteiger partial charge in [-0.05, 0) is 49.6 Å². The lowest BCUT2D eigenvalue weighted by Crippen LogP contribution is -2.50. The van der Waals surface area contributed by atoms with E-state index in [9.17, 15) is 9.59 Å². The fourth-order valence-electron chi connectivity index (χ4n) is 5.09. The van der Waals surface area contributed by atoms with Crippen molar-refractivity contribution in [2.45, 2.75) is 25.8 Å². The molecular weight excluding hydrogens is 508 g/mol. The molecule has 208 valence electrons. The van der Waals surface area contributed by atoms with E-state index in [0.29, 0.717) is 48.0 Å². The first-order valence-electron chi connectivity index (χ1n) is 13.4. The van der Waals surface area contributed by atoms with Crippen molar-refractivity contribution in [1.82, 2.24) is 15.3 Å². The molecule has 5 rings (SSSR count). The summed E-state index contributed by atoms with van der Waals surface area (Å²) in [5.74, 6) is 2.41. The molecule has 0 saturated carbocycles. The number of hydrogen-bond donors (Lipinski definition) is 2. The molecule has 0 spiro atoms. The van der Waals surface area contributed by atoms with E-state index in [-0.39, 0.29) is 18.2 Å². The maximum atomic E-state index is 14.1. The molecule has 0 aliphatic carbocycles. The average Bonchev–Trinajstić information content (AvgIpc) is 2.99. The SMILES string of the molecule is C=CC(=O)Cc1ccccc1Nc1ncc2c(n1)N(CC1CCNCC1)C(=O)N(c1cc(OC)cc(OC)c1)C2. The van der Waals surface area contributed by atoms with Crippen LogP contribution in [0.4, 0.5) is 27.9 Å². The molecule has 10 nitrogen and oxygen atoms in total. The van der Waals surface area contributed by atoms with Crippen LogP contribution in [0.1, 0.15) is 24.0 Å². The standard InChI is InChI=1S/C30H34N6O4/c1-4-24(37)13-21-7-5-6-8-27(21)33-29-32-17-22-19-35(23-14-25(39-2)16-26(15-23)40-3)30(38)36(28(22)34-29)18-20-9-11-31-12-10-20/h4-8,14-17,20,31H,1,9-13,18-19H2,2-3H3,(H,32,33,34). The van der Waals surface area contributed by atoms with Gasteiger partial charge in [-0.3, -0.25) is 14.6 Å². The normalized spacial score (nSPS) is 15.4. The Bertz CT molecular complexity index is 1380. The van der Waals surface area contributed by atoms with Gasteiger partial charge in [0, 0.05) is 48.6 Å². The van der Waals surface area contributed by atoms with Crippen LogP contribution in [-0.2, 0) is 17.8 Å². The summed E-state index contributed by atoms with van der Waals surface area (Å²) in [6.45, 7) is 6.27. The van der Waals surface area contributed by atoms with Crippen molar-refractivity contribution in [3.05, 3.63) is 72.4 Å². The Morgan fingerprint density at radius 3 is 2.58 bits per heavy atom. The maximum Gasteiger partial charge on any atom is 0.330 e. The highest BCUT2D eigenvalue weighted by Gasteiger charge is 2.35. The molecule has 2 N–H and O–H groups in total. The summed E-state index contributed by atoms with van der Waals surface area (Å²) in [5, 5.41) is 6.65. The number of nitrogens with one attached hydrogen (secondary N) is 2. The van der Waals surface area contributed by atoms with Crippen LogP contribution in [0.3, 0.4) is 0 Å². The third-order valence-corrected chi connectivity index (χ3v) is 7.29. The minimum atomic E-state index is -0.164. The van der Waals surface area contributed by atoms with Crippen molar-refractivity contribution in [2.24, 2.45) is 5.92 Å². The molecule has 2 amide bonds. The van der Waals surface area contributed by atoms with Gasteiger partial charge in [0.15, 0.2) is 5.78 Å². The largest absolute Gasteiger partial charge is 0.497 e. The number of rotatable bonds is 10. The molecule has 2 aliphatic heterocycles. The first-order chi connectivity index (χ1) is 19.5. The van der Waals surface area contributed by atoms with E-state index in [4.69, 9.17) is 14.5 Å². The van der Waals surface area contributed by atoms with Gasteiger partial charge < -0.3 is 20.1 Å². The predicted octanol–water partition coefficient (Wildman–Crippen LogP) is 4.48. The average molecular weight is 543 g/mol. The Morgan fingerprint density at radius 1 is 1.15 bits per heavy atom. The second kappa shape index (κ2) is 12.2. The maximum absolute atomic E-state index is 14.1. The van der Waals surface area contributed by atoms with Gasteiger partial charge in [0.25, 0.3) is 0 Å². The van der Waals surface area contributed by atoms with Gasteiger partial charge in [0.05, 0.1) is 26.5 Å². The number of amides is 2. The van der Waals surface area contributed by atoms with Gasteiger partial charge in [-0.25, -0.2) is 9.78 Å². The number of benzene rings is 2. The summed E-state index contributed by atoms with van der Waals surface area (Å²) < 4.78 is 10.9. The Labute approximate surface area is 234 Å². The molecule has 3 aromatic rings. The third kappa shape index (κ3) is 5.91. The minimum Gasteiger partial charge on any atom is -0.497 e. The number of ketones is 1. The summed E-state index contributed by atoms with van der Waals surface area (Å²) in [5.41, 5.74) is 3.05. The number of aromatic nitrogens is 2. The topological polar surface area (TPSA) is 109 Å². The minimum absolute atomic E-state index is 0.0754. The van der Waals surface area contributed by atoms with Crippen molar-refractivity contribution < 1.29 is 19.1 Å². The van der Waals surface area contributed by atoms with Crippen molar-refractivity contribution in [3.63, 3.8) is 0 Å². The van der Waals surface area contributed by atoms with Gasteiger partial charge in [0.2, 0.25) is 5.95 Å². The van der Waals surface area contributed by atoms with Gasteiger partial charge in [0.1, 0.15) is 17.3 Å². The molecule has 3 heterocycles. The molecule has 2 aromatic carbocycles. The number of fused-ring (bicyclic) bond motifs is 1. The van der Waals surface area contributed by atoms with E-state index in [1.54, 1.807) is 36.3 Å². The number of anilines is 4. The monoisotopic (exact) mass is 542 g/mol. The molecule has 40 heavy (non-hydrogen) atoms. The van der Waals surface area contributed by atoms with Crippen molar-refractivity contribution in [3.8, 4) is 11.5 Å². The first-order valence-corrected chi connectivity index (χ1v) is 13.4. The number of allylic oxidation sites excluding steroid dienone is 1. The van der Waals surface area contributed by atoms with E-state index < -0.39 is 0 Å². The van der Waals surface area contributed by atoms with Gasteiger partial charge in [-0.2, -0.15) is 4.98 Å². The van der Waals surface area contributed by atoms with Crippen LogP contribution in [0.15, 0.2) is 61.3 Å². The quantitative estimate of drug-likeness (QED) is 0.361. The summed E-state index contributed by atoms with van der Waals surface area (Å²) in [6, 6.07) is 12.8. The van der Waals surface area contributed by atoms with E-state index in [2.05, 4.69) is 22.2 Å². The Balaban J connectivity index is 1.50. The van der Waals surface area contributed by atoms with Gasteiger partial charge in [-0.1, -0.05) is 24.8 Å². The molecular formula is C30H34N6O4. The van der Waals surface area contributed by atoms with E-state index in [0.717, 1.165) is 42.7 Å². The Kier molecular flexibility index (Phi) is 8.26. The number of methoxy groups -OCH3 is 2. The summed E-state index contributed by atoms with van der Waals surface area (Å²) in [4.78, 5) is 39.0. The van der Waals surface area contributed by atoms with Crippen LogP contribution < -0.4 is 29.9 Å². The second-order valence-electron chi connectivity index (χ2n) is 9.92. The highest BCUT2D eigenvalue weighted by atomic mass is 16.5. The highest BCUT2D eigenvalue weighted by Crippen LogP contribution is 2.36. The van der Waals surface area contributed by atoms with Crippen molar-refractivity contribution in [1.29, 1.82) is 0 Å². The van der Waals surface area contributed by atoms with Crippen LogP contribution in [0.25, 0.3) is 0 Å². The Morgan fingerprint density at radius 2 is 1.88 bits per heavy atom. The van der Waals surface area contributed by atoms with E-state index in [1.807, 2.05) is 36.4 Å². The van der Waals surface area contributed by atoms with Crippen molar-refractivity contribution in [2.75, 3.05) is 49.0 Å². The van der Waals surface area contributed by atoms with Crippen LogP contribution in [0.2, 0.25) is 0 Å². The zero-order valence-corrected chi connectivity index (χ0v) is 22.9. The molecule has 2 aliphatic rings. The number of carbonyl (C=O) groups excluding carboxylic acids is 2. The number of nitrogens with zero attached hydrogens (tertiary/aromatic N) is 4. The zero-order chi connectivity index (χ0) is 28.1. The molecule has 1 aromatic heterocycles. The lowest BCUT2D eigenvalue weighted by atomic mass is 9.97. The number of ether oxygens (including phenoxy) is 2. The molecule has 1 fully saturated rings. The third-order valence-electron chi connectivity index (χ3n) is 7.29. The Hall–Kier alpha value is -4.44. The number of urea groups is 1. The molecule has 1 saturated heterocycles. The molecule has 0 radical (unpaired) electrons. The fraction of sp³-hybridized carbons (Fsp3) is 0.333. The summed E-state index contributed by atoms with van der Waals surface area (Å²) >= 11 is 0. The fourth-order valence-corrected chi connectivity index (χ4v) is 5.09. The van der Waals surface area contributed by atoms with Crippen LogP contribution in [-0.4, -0.2) is 55.6 Å². The smallest absolute Gasteiger partial charge is 0.330 e. The first kappa shape index (κ1) is 27.1. The highest BCUT2D eigenvalue weighted by molar-refractivity contribution is 6.05. The lowest BCUT2D eigenvalue weighted by molar-refractivity contribution is -0.114. The molecule has 0 atom stereocenters. The van der Waals surface area contributed by atoms with E-state index in [1.165, 1.54) is 6.08 Å². The predicted molar refractivity (Wildman–Crippen MR) is 155 cm³/mol. The second-order valence-corrected chi connectivity index (χ2v) is 9.92. The number of carbonyl (C=O) groups is 2. The molecule has 10 heteroatoms.